The Bertz CT molecular complexity index is 722. The molecule has 1 aromatic carbocycles. The second-order valence-corrected chi connectivity index (χ2v) is 4.70. The number of aromatic carboxylic acids is 2. The molecule has 0 radical (unpaired) electrons. The summed E-state index contributed by atoms with van der Waals surface area (Å²) in [6, 6.07) is 0.356. The van der Waals surface area contributed by atoms with Gasteiger partial charge in [-0.25, -0.2) is 9.59 Å². The first-order valence-electron chi connectivity index (χ1n) is 6.57. The molecule has 0 spiro atoms. The number of hydrogen-bond donors (Lipinski definition) is 6. The number of amides is 2. The smallest absolute Gasteiger partial charge is 0.337 e. The van der Waals surface area contributed by atoms with Crippen LogP contribution in [0.4, 0.5) is 5.69 Å². The monoisotopic (exact) mass is 373 g/mol. The highest BCUT2D eigenvalue weighted by molar-refractivity contribution is 6.17. The van der Waals surface area contributed by atoms with Crippen LogP contribution in [-0.2, 0) is 0 Å². The van der Waals surface area contributed by atoms with Gasteiger partial charge in [-0.1, -0.05) is 0 Å². The fourth-order valence-electron chi connectivity index (χ4n) is 1.70. The number of nitro benzene ring substituents is 1. The van der Waals surface area contributed by atoms with Crippen molar-refractivity contribution >= 4 is 29.4 Å². The number of carboxylic acid groups (broad SMARTS) is 2. The Kier molecular flexibility index (Phi) is 7.80. The van der Waals surface area contributed by atoms with Gasteiger partial charge in [-0.3, -0.25) is 19.7 Å². The number of primary amides is 2. The highest BCUT2D eigenvalue weighted by Gasteiger charge is 2.35. The lowest BCUT2D eigenvalue weighted by Gasteiger charge is -2.10. The summed E-state index contributed by atoms with van der Waals surface area (Å²) in [6.07, 6.45) is -0.560. The predicted octanol–water partition coefficient (Wildman–Crippen LogP) is -1.45. The van der Waals surface area contributed by atoms with E-state index in [1.807, 2.05) is 0 Å². The van der Waals surface area contributed by atoms with Crippen LogP contribution in [0.1, 0.15) is 48.4 Å². The zero-order chi connectivity index (χ0) is 20.8. The number of rotatable bonds is 6. The molecule has 0 saturated heterocycles. The van der Waals surface area contributed by atoms with Crippen LogP contribution < -0.4 is 11.5 Å². The number of aliphatic hydroxyl groups is 2. The molecule has 0 aromatic heterocycles. The fraction of sp³-hybridized carbons (Fsp3) is 0.231. The van der Waals surface area contributed by atoms with Crippen molar-refractivity contribution in [2.45, 2.75) is 13.0 Å². The van der Waals surface area contributed by atoms with Gasteiger partial charge in [0.25, 0.3) is 11.6 Å². The third kappa shape index (κ3) is 5.22. The molecule has 0 aliphatic heterocycles. The molecule has 0 fully saturated rings. The normalized spacial score (nSPS) is 10.9. The third-order valence-corrected chi connectivity index (χ3v) is 2.70. The Morgan fingerprint density at radius 3 is 1.73 bits per heavy atom. The number of carbonyl (C=O) groups is 4. The van der Waals surface area contributed by atoms with E-state index in [9.17, 15) is 29.3 Å². The second-order valence-electron chi connectivity index (χ2n) is 4.70. The Hall–Kier alpha value is -3.58. The molecule has 1 atom stereocenters. The highest BCUT2D eigenvalue weighted by Crippen LogP contribution is 2.29. The summed E-state index contributed by atoms with van der Waals surface area (Å²) in [5.74, 6) is -6.78. The number of carbonyl (C=O) groups excluding carboxylic acids is 2. The number of aliphatic hydroxyl groups excluding tert-OH is 2. The van der Waals surface area contributed by atoms with Gasteiger partial charge in [0.05, 0.1) is 34.3 Å². The molecule has 0 aliphatic carbocycles. The van der Waals surface area contributed by atoms with E-state index in [-0.39, 0.29) is 6.61 Å². The van der Waals surface area contributed by atoms with E-state index in [1.165, 1.54) is 6.92 Å². The molecule has 0 bridgehead atoms. The molecule has 0 aliphatic rings. The van der Waals surface area contributed by atoms with E-state index < -0.39 is 62.7 Å². The molecule has 26 heavy (non-hydrogen) atoms. The SMILES string of the molecule is CC(O)CO.NC(=O)c1c(C(=O)O)cc([N+](=O)[O-])c(C(N)=O)c1C(=O)O. The van der Waals surface area contributed by atoms with Gasteiger partial charge in [-0.15, -0.1) is 0 Å². The van der Waals surface area contributed by atoms with Crippen molar-refractivity contribution in [2.75, 3.05) is 6.61 Å². The first kappa shape index (κ1) is 22.4. The summed E-state index contributed by atoms with van der Waals surface area (Å²) >= 11 is 0. The molecule has 13 heteroatoms. The number of carboxylic acids is 2. The highest BCUT2D eigenvalue weighted by atomic mass is 16.6. The third-order valence-electron chi connectivity index (χ3n) is 2.70. The van der Waals surface area contributed by atoms with Gasteiger partial charge in [0, 0.05) is 6.07 Å². The van der Waals surface area contributed by atoms with Gasteiger partial charge in [-0.2, -0.15) is 0 Å². The van der Waals surface area contributed by atoms with Gasteiger partial charge < -0.3 is 31.9 Å². The molecular formula is C13H15N3O10. The van der Waals surface area contributed by atoms with E-state index >= 15 is 0 Å². The lowest BCUT2D eigenvalue weighted by molar-refractivity contribution is -0.385. The standard InChI is InChI=1S/C10H7N3O8.C3H8O2/c11-7(14)4-2(9(16)17)1-3(13(20)21)5(8(12)15)6(4)10(18)19;1-3(5)2-4/h1H,(H2,11,14)(H2,12,15)(H,16,17)(H,18,19);3-5H,2H2,1H3. The van der Waals surface area contributed by atoms with E-state index in [2.05, 4.69) is 0 Å². The van der Waals surface area contributed by atoms with Crippen LogP contribution in [-0.4, -0.2) is 61.8 Å². The number of nitrogens with two attached hydrogens (primary N) is 2. The minimum Gasteiger partial charge on any atom is -0.478 e. The van der Waals surface area contributed by atoms with Crippen molar-refractivity contribution in [3.05, 3.63) is 38.4 Å². The van der Waals surface area contributed by atoms with Crippen molar-refractivity contribution < 1.29 is 44.5 Å². The first-order chi connectivity index (χ1) is 11.9. The van der Waals surface area contributed by atoms with Crippen LogP contribution in [0.2, 0.25) is 0 Å². The summed E-state index contributed by atoms with van der Waals surface area (Å²) in [5, 5.41) is 44.8. The maximum Gasteiger partial charge on any atom is 0.337 e. The number of hydrogen-bond acceptors (Lipinski definition) is 8. The van der Waals surface area contributed by atoms with Gasteiger partial charge >= 0.3 is 11.9 Å². The molecule has 1 rings (SSSR count). The van der Waals surface area contributed by atoms with Crippen LogP contribution >= 0.6 is 0 Å². The van der Waals surface area contributed by atoms with Gasteiger partial charge in [-0.05, 0) is 6.92 Å². The summed E-state index contributed by atoms with van der Waals surface area (Å²) in [6.45, 7) is 1.39. The molecule has 13 nitrogen and oxygen atoms in total. The van der Waals surface area contributed by atoms with Gasteiger partial charge in [0.2, 0.25) is 5.91 Å². The fourth-order valence-corrected chi connectivity index (χ4v) is 1.70. The molecular weight excluding hydrogens is 358 g/mol. The quantitative estimate of drug-likeness (QED) is 0.250. The minimum absolute atomic E-state index is 0.139. The zero-order valence-electron chi connectivity index (χ0n) is 13.2. The van der Waals surface area contributed by atoms with Crippen LogP contribution in [0, 0.1) is 10.1 Å². The summed E-state index contributed by atoms with van der Waals surface area (Å²) in [7, 11) is 0. The first-order valence-corrected chi connectivity index (χ1v) is 6.57. The molecule has 0 saturated carbocycles. The van der Waals surface area contributed by atoms with Crippen molar-refractivity contribution in [3.8, 4) is 0 Å². The van der Waals surface area contributed by atoms with Crippen molar-refractivity contribution in [1.82, 2.24) is 0 Å². The summed E-state index contributed by atoms with van der Waals surface area (Å²) < 4.78 is 0. The van der Waals surface area contributed by atoms with Gasteiger partial charge in [0.15, 0.2) is 0 Å². The minimum atomic E-state index is -1.95. The Labute approximate surface area is 144 Å². The van der Waals surface area contributed by atoms with Crippen LogP contribution in [0.25, 0.3) is 0 Å². The molecule has 0 heterocycles. The molecule has 142 valence electrons. The maximum absolute atomic E-state index is 11.3. The number of nitro groups is 1. The maximum atomic E-state index is 11.3. The summed E-state index contributed by atoms with van der Waals surface area (Å²) in [4.78, 5) is 54.4. The van der Waals surface area contributed by atoms with Crippen molar-refractivity contribution in [3.63, 3.8) is 0 Å². The second kappa shape index (κ2) is 9.05. The van der Waals surface area contributed by atoms with Crippen LogP contribution in [0.5, 0.6) is 0 Å². The average Bonchev–Trinajstić information content (AvgIpc) is 2.52. The molecule has 1 aromatic rings. The average molecular weight is 373 g/mol. The van der Waals surface area contributed by atoms with Gasteiger partial charge in [0.1, 0.15) is 5.56 Å². The molecule has 1 unspecified atom stereocenters. The van der Waals surface area contributed by atoms with Crippen LogP contribution in [0.15, 0.2) is 6.07 Å². The van der Waals surface area contributed by atoms with E-state index in [0.29, 0.717) is 6.07 Å². The van der Waals surface area contributed by atoms with E-state index in [4.69, 9.17) is 31.9 Å². The molecule has 8 N–H and O–H groups in total. The summed E-state index contributed by atoms with van der Waals surface area (Å²) in [5.41, 5.74) is 4.24. The zero-order valence-corrected chi connectivity index (χ0v) is 13.2. The molecule has 2 amide bonds. The largest absolute Gasteiger partial charge is 0.478 e. The van der Waals surface area contributed by atoms with Crippen molar-refractivity contribution in [2.24, 2.45) is 11.5 Å². The van der Waals surface area contributed by atoms with E-state index in [1.54, 1.807) is 0 Å². The number of nitrogens with zero attached hydrogens (tertiary/aromatic N) is 1. The predicted molar refractivity (Wildman–Crippen MR) is 82.8 cm³/mol. The topological polar surface area (TPSA) is 244 Å². The van der Waals surface area contributed by atoms with Crippen molar-refractivity contribution in [1.29, 1.82) is 0 Å². The Morgan fingerprint density at radius 2 is 1.50 bits per heavy atom. The number of benzene rings is 1. The Balaban J connectivity index is 0.00000110. The lowest BCUT2D eigenvalue weighted by atomic mass is 9.93. The lowest BCUT2D eigenvalue weighted by Crippen LogP contribution is -2.26. The van der Waals surface area contributed by atoms with Crippen LogP contribution in [0.3, 0.4) is 0 Å². The Morgan fingerprint density at radius 1 is 1.08 bits per heavy atom. The van der Waals surface area contributed by atoms with E-state index in [0.717, 1.165) is 0 Å².